The highest BCUT2D eigenvalue weighted by Gasteiger charge is 2.43. The molecule has 3 rings (SSSR count). The molecule has 1 aliphatic heterocycles. The zero-order valence-corrected chi connectivity index (χ0v) is 13.1. The summed E-state index contributed by atoms with van der Waals surface area (Å²) in [7, 11) is 0. The van der Waals surface area contributed by atoms with E-state index in [4.69, 9.17) is 0 Å². The molecule has 2 nitrogen and oxygen atoms in total. The van der Waals surface area contributed by atoms with Crippen molar-refractivity contribution in [2.45, 2.75) is 63.7 Å². The number of anilines is 2. The number of nitrogens with one attached hydrogen (secondary N) is 1. The molecule has 1 aromatic carbocycles. The summed E-state index contributed by atoms with van der Waals surface area (Å²) in [5.41, 5.74) is 0.923. The Hall–Kier alpha value is -1.39. The number of rotatable bonds is 1. The molecule has 5 heteroatoms. The topological polar surface area (TPSA) is 15.3 Å². The van der Waals surface area contributed by atoms with E-state index < -0.39 is 11.7 Å². The number of halogens is 3. The zero-order chi connectivity index (χ0) is 16.0. The van der Waals surface area contributed by atoms with Gasteiger partial charge in [-0.25, -0.2) is 0 Å². The van der Waals surface area contributed by atoms with Crippen molar-refractivity contribution in [3.8, 4) is 0 Å². The van der Waals surface area contributed by atoms with E-state index in [0.29, 0.717) is 5.69 Å². The van der Waals surface area contributed by atoms with Crippen molar-refractivity contribution < 1.29 is 13.2 Å². The van der Waals surface area contributed by atoms with Gasteiger partial charge in [0.15, 0.2) is 0 Å². The molecule has 1 fully saturated rings. The minimum Gasteiger partial charge on any atom is -0.381 e. The molecule has 1 aliphatic carbocycles. The molecule has 0 amide bonds. The molecule has 1 aromatic rings. The van der Waals surface area contributed by atoms with E-state index in [-0.39, 0.29) is 11.6 Å². The quantitative estimate of drug-likeness (QED) is 0.780. The number of hydrogen-bond donors (Lipinski definition) is 1. The highest BCUT2D eigenvalue weighted by molar-refractivity contribution is 5.75. The molecule has 122 valence electrons. The third-order valence-corrected chi connectivity index (χ3v) is 5.00. The van der Waals surface area contributed by atoms with Gasteiger partial charge in [0.05, 0.1) is 22.5 Å². The van der Waals surface area contributed by atoms with E-state index in [1.807, 2.05) is 0 Å². The summed E-state index contributed by atoms with van der Waals surface area (Å²) >= 11 is 0. The van der Waals surface area contributed by atoms with Crippen LogP contribution in [0.15, 0.2) is 18.2 Å². The molecule has 0 bridgehead atoms. The van der Waals surface area contributed by atoms with E-state index >= 15 is 0 Å². The maximum absolute atomic E-state index is 13.1. The van der Waals surface area contributed by atoms with Crippen LogP contribution in [0.4, 0.5) is 24.5 Å². The average molecular weight is 312 g/mol. The smallest absolute Gasteiger partial charge is 0.381 e. The Labute approximate surface area is 129 Å². The molecule has 22 heavy (non-hydrogen) atoms. The van der Waals surface area contributed by atoms with Gasteiger partial charge in [0.25, 0.3) is 0 Å². The van der Waals surface area contributed by atoms with Crippen LogP contribution in [0.1, 0.15) is 51.5 Å². The third-order valence-electron chi connectivity index (χ3n) is 5.00. The number of fused-ring (bicyclic) bond motifs is 1. The molecule has 0 atom stereocenters. The van der Waals surface area contributed by atoms with Gasteiger partial charge in [-0.15, -0.1) is 0 Å². The van der Waals surface area contributed by atoms with E-state index in [9.17, 15) is 13.2 Å². The first kappa shape index (κ1) is 15.5. The van der Waals surface area contributed by atoms with E-state index in [2.05, 4.69) is 24.1 Å². The lowest BCUT2D eigenvalue weighted by molar-refractivity contribution is -0.137. The fourth-order valence-electron chi connectivity index (χ4n) is 4.11. The highest BCUT2D eigenvalue weighted by Crippen LogP contribution is 2.46. The first-order chi connectivity index (χ1) is 10.3. The van der Waals surface area contributed by atoms with Crippen LogP contribution < -0.4 is 10.2 Å². The van der Waals surface area contributed by atoms with Gasteiger partial charge in [-0.1, -0.05) is 19.3 Å². The molecule has 0 unspecified atom stereocenters. The lowest BCUT2D eigenvalue weighted by Crippen LogP contribution is -2.59. The standard InChI is InChI=1S/C17H23F3N2/c1-12(2)22-15-10-13(17(18,19)20)6-7-14(15)21-11-16(22)8-4-3-5-9-16/h6-7,10,12,21H,3-5,8-9,11H2,1-2H3. The lowest BCUT2D eigenvalue weighted by Gasteiger charge is -2.53. The highest BCUT2D eigenvalue weighted by atomic mass is 19.4. The Kier molecular flexibility index (Phi) is 3.77. The van der Waals surface area contributed by atoms with Gasteiger partial charge in [0.1, 0.15) is 0 Å². The largest absolute Gasteiger partial charge is 0.416 e. The molecule has 0 saturated heterocycles. The predicted molar refractivity (Wildman–Crippen MR) is 83.4 cm³/mol. The summed E-state index contributed by atoms with van der Waals surface area (Å²) in [4.78, 5) is 2.24. The van der Waals surface area contributed by atoms with Gasteiger partial charge in [0.2, 0.25) is 0 Å². The van der Waals surface area contributed by atoms with Crippen molar-refractivity contribution >= 4 is 11.4 Å². The van der Waals surface area contributed by atoms with Crippen LogP contribution in [0.2, 0.25) is 0 Å². The second-order valence-electron chi connectivity index (χ2n) is 6.83. The molecule has 0 radical (unpaired) electrons. The molecule has 0 aromatic heterocycles. The number of nitrogens with zero attached hydrogens (tertiary/aromatic N) is 1. The second kappa shape index (κ2) is 5.36. The Morgan fingerprint density at radius 1 is 1.14 bits per heavy atom. The molecule has 1 saturated carbocycles. The van der Waals surface area contributed by atoms with Gasteiger partial charge in [-0.05, 0) is 44.9 Å². The number of hydrogen-bond acceptors (Lipinski definition) is 2. The normalized spacial score (nSPS) is 20.9. The monoisotopic (exact) mass is 312 g/mol. The second-order valence-corrected chi connectivity index (χ2v) is 6.83. The summed E-state index contributed by atoms with van der Waals surface area (Å²) in [5, 5.41) is 3.38. The van der Waals surface area contributed by atoms with E-state index in [1.165, 1.54) is 18.6 Å². The first-order valence-corrected chi connectivity index (χ1v) is 8.08. The molecule has 1 spiro atoms. The lowest BCUT2D eigenvalue weighted by atomic mass is 9.77. The van der Waals surface area contributed by atoms with Crippen LogP contribution >= 0.6 is 0 Å². The summed E-state index contributed by atoms with van der Waals surface area (Å²) in [6, 6.07) is 4.24. The van der Waals surface area contributed by atoms with Crippen molar-refractivity contribution in [1.29, 1.82) is 0 Å². The van der Waals surface area contributed by atoms with Crippen molar-refractivity contribution in [3.05, 3.63) is 23.8 Å². The average Bonchev–Trinajstić information content (AvgIpc) is 2.46. The SMILES string of the molecule is CC(C)N1c2cc(C(F)(F)F)ccc2NCC12CCCCC2. The first-order valence-electron chi connectivity index (χ1n) is 8.08. The van der Waals surface area contributed by atoms with Gasteiger partial charge >= 0.3 is 6.18 Å². The van der Waals surface area contributed by atoms with Crippen LogP contribution in [-0.4, -0.2) is 18.1 Å². The Balaban J connectivity index is 2.07. The van der Waals surface area contributed by atoms with Crippen LogP contribution in [0.25, 0.3) is 0 Å². The van der Waals surface area contributed by atoms with Gasteiger partial charge in [-0.3, -0.25) is 0 Å². The summed E-state index contributed by atoms with van der Waals surface area (Å²) < 4.78 is 39.2. The van der Waals surface area contributed by atoms with Crippen molar-refractivity contribution in [2.24, 2.45) is 0 Å². The van der Waals surface area contributed by atoms with Crippen LogP contribution in [-0.2, 0) is 6.18 Å². The molecule has 1 heterocycles. The molecular weight excluding hydrogens is 289 g/mol. The minimum atomic E-state index is -4.30. The van der Waals surface area contributed by atoms with Crippen molar-refractivity contribution in [2.75, 3.05) is 16.8 Å². The number of alkyl halides is 3. The molecule has 1 N–H and O–H groups in total. The van der Waals surface area contributed by atoms with E-state index in [0.717, 1.165) is 37.9 Å². The Bertz CT molecular complexity index is 545. The number of benzene rings is 1. The van der Waals surface area contributed by atoms with Crippen LogP contribution in [0.3, 0.4) is 0 Å². The van der Waals surface area contributed by atoms with Crippen LogP contribution in [0.5, 0.6) is 0 Å². The zero-order valence-electron chi connectivity index (χ0n) is 13.1. The molecule has 2 aliphatic rings. The fourth-order valence-corrected chi connectivity index (χ4v) is 4.11. The van der Waals surface area contributed by atoms with Gasteiger partial charge in [-0.2, -0.15) is 13.2 Å². The minimum absolute atomic E-state index is 0.0381. The van der Waals surface area contributed by atoms with Crippen molar-refractivity contribution in [1.82, 2.24) is 0 Å². The fraction of sp³-hybridized carbons (Fsp3) is 0.647. The van der Waals surface area contributed by atoms with Crippen molar-refractivity contribution in [3.63, 3.8) is 0 Å². The third kappa shape index (κ3) is 2.55. The maximum atomic E-state index is 13.1. The van der Waals surface area contributed by atoms with Crippen LogP contribution in [0, 0.1) is 0 Å². The summed E-state index contributed by atoms with van der Waals surface area (Å²) in [5.74, 6) is 0. The summed E-state index contributed by atoms with van der Waals surface area (Å²) in [6.07, 6.45) is 1.33. The maximum Gasteiger partial charge on any atom is 0.416 e. The Morgan fingerprint density at radius 3 is 2.41 bits per heavy atom. The van der Waals surface area contributed by atoms with Gasteiger partial charge in [0, 0.05) is 12.6 Å². The summed E-state index contributed by atoms with van der Waals surface area (Å²) in [6.45, 7) is 4.97. The molecular formula is C17H23F3N2. The predicted octanol–water partition coefficient (Wildman–Crippen LogP) is 5.05. The van der Waals surface area contributed by atoms with E-state index in [1.54, 1.807) is 6.07 Å². The Morgan fingerprint density at radius 2 is 1.82 bits per heavy atom. The van der Waals surface area contributed by atoms with Gasteiger partial charge < -0.3 is 10.2 Å².